The maximum absolute atomic E-state index is 4.55. The van der Waals surface area contributed by atoms with E-state index in [1.54, 1.807) is 0 Å². The van der Waals surface area contributed by atoms with E-state index < -0.39 is 0 Å². The van der Waals surface area contributed by atoms with Crippen molar-refractivity contribution in [3.05, 3.63) is 0 Å². The van der Waals surface area contributed by atoms with Gasteiger partial charge >= 0.3 is 0 Å². The predicted octanol–water partition coefficient (Wildman–Crippen LogP) is 2.71. The molecule has 1 aliphatic carbocycles. The molecule has 0 spiro atoms. The molecule has 0 saturated heterocycles. The summed E-state index contributed by atoms with van der Waals surface area (Å²) in [5.41, 5.74) is 2.07. The Balaban J connectivity index is 2.05. The van der Waals surface area contributed by atoms with E-state index in [1.165, 1.54) is 25.7 Å². The second-order valence-electron chi connectivity index (χ2n) is 3.52. The van der Waals surface area contributed by atoms with Crippen LogP contribution in [0.1, 0.15) is 32.6 Å². The fourth-order valence-electron chi connectivity index (χ4n) is 2.22. The zero-order valence-electron chi connectivity index (χ0n) is 6.99. The van der Waals surface area contributed by atoms with Gasteiger partial charge in [0.1, 0.15) is 0 Å². The van der Waals surface area contributed by atoms with Gasteiger partial charge in [-0.25, -0.2) is 0 Å². The van der Waals surface area contributed by atoms with Crippen molar-refractivity contribution in [2.24, 2.45) is 10.9 Å². The van der Waals surface area contributed by atoms with Crippen molar-refractivity contribution in [1.82, 2.24) is 0 Å². The third kappa shape index (κ3) is 1.33. The maximum atomic E-state index is 4.55. The molecule has 0 aromatic heterocycles. The van der Waals surface area contributed by atoms with Crippen LogP contribution in [0.15, 0.2) is 4.99 Å². The minimum atomic E-state index is 0.679. The molecule has 3 atom stereocenters. The first-order valence-electron chi connectivity index (χ1n) is 4.59. The molecule has 2 rings (SSSR count). The monoisotopic (exact) mass is 169 g/mol. The highest BCUT2D eigenvalue weighted by molar-refractivity contribution is 8.12. The van der Waals surface area contributed by atoms with E-state index >= 15 is 0 Å². The van der Waals surface area contributed by atoms with Crippen LogP contribution in [0, 0.1) is 5.92 Å². The summed E-state index contributed by atoms with van der Waals surface area (Å²) in [4.78, 5) is 4.55. The second kappa shape index (κ2) is 3.18. The van der Waals surface area contributed by atoms with E-state index in [9.17, 15) is 0 Å². The molecular weight excluding hydrogens is 154 g/mol. The Labute approximate surface area is 72.7 Å². The first-order chi connectivity index (χ1) is 5.42. The Kier molecular flexibility index (Phi) is 2.21. The van der Waals surface area contributed by atoms with Crippen molar-refractivity contribution in [1.29, 1.82) is 0 Å². The smallest absolute Gasteiger partial charge is 0.0656 e. The average Bonchev–Trinajstić information content (AvgIpc) is 2.50. The molecule has 1 heterocycles. The average molecular weight is 169 g/mol. The Morgan fingerprint density at radius 2 is 2.45 bits per heavy atom. The van der Waals surface area contributed by atoms with Crippen molar-refractivity contribution in [3.8, 4) is 0 Å². The summed E-state index contributed by atoms with van der Waals surface area (Å²) in [6.07, 6.45) is 5.55. The molecule has 2 aliphatic rings. The molecular formula is C9H15NS. The molecule has 62 valence electrons. The van der Waals surface area contributed by atoms with Gasteiger partial charge in [-0.2, -0.15) is 0 Å². The zero-order valence-corrected chi connectivity index (χ0v) is 7.81. The number of fused-ring (bicyclic) bond motifs is 1. The lowest BCUT2D eigenvalue weighted by Crippen LogP contribution is -2.30. The van der Waals surface area contributed by atoms with Gasteiger partial charge in [0, 0.05) is 5.25 Å². The number of hydrogen-bond acceptors (Lipinski definition) is 2. The van der Waals surface area contributed by atoms with Gasteiger partial charge < -0.3 is 0 Å². The lowest BCUT2D eigenvalue weighted by Gasteiger charge is -2.30. The van der Waals surface area contributed by atoms with Crippen molar-refractivity contribution in [2.45, 2.75) is 43.9 Å². The molecule has 0 aromatic carbocycles. The van der Waals surface area contributed by atoms with E-state index in [0.29, 0.717) is 6.04 Å². The highest BCUT2D eigenvalue weighted by Gasteiger charge is 2.34. The van der Waals surface area contributed by atoms with Crippen molar-refractivity contribution in [2.75, 3.05) is 0 Å². The first kappa shape index (κ1) is 7.66. The van der Waals surface area contributed by atoms with E-state index in [-0.39, 0.29) is 0 Å². The van der Waals surface area contributed by atoms with Gasteiger partial charge in [-0.3, -0.25) is 4.99 Å². The standard InChI is InChI=1S/C9H15NS/c1-2-7-4-3-5-8-9(7)10-6-11-8/h6-9H,2-5H2,1H3. The van der Waals surface area contributed by atoms with E-state index in [2.05, 4.69) is 17.5 Å². The minimum absolute atomic E-state index is 0.679. The molecule has 0 N–H and O–H groups in total. The fraction of sp³-hybridized carbons (Fsp3) is 0.889. The lowest BCUT2D eigenvalue weighted by molar-refractivity contribution is 0.314. The quantitative estimate of drug-likeness (QED) is 0.588. The molecule has 2 heteroatoms. The number of hydrogen-bond donors (Lipinski definition) is 0. The van der Waals surface area contributed by atoms with Gasteiger partial charge in [0.15, 0.2) is 0 Å². The molecule has 1 nitrogen and oxygen atoms in total. The van der Waals surface area contributed by atoms with Crippen LogP contribution in [-0.4, -0.2) is 16.8 Å². The van der Waals surface area contributed by atoms with Crippen molar-refractivity contribution >= 4 is 17.3 Å². The summed E-state index contributed by atoms with van der Waals surface area (Å²) in [7, 11) is 0. The zero-order chi connectivity index (χ0) is 7.68. The number of aliphatic imine (C=N–C) groups is 1. The molecule has 1 aliphatic heterocycles. The number of thioether (sulfide) groups is 1. The van der Waals surface area contributed by atoms with Gasteiger partial charge in [0.2, 0.25) is 0 Å². The molecule has 0 amide bonds. The lowest BCUT2D eigenvalue weighted by atomic mass is 9.83. The highest BCUT2D eigenvalue weighted by Crippen LogP contribution is 2.38. The molecule has 3 unspecified atom stereocenters. The Bertz CT molecular complexity index is 167. The number of rotatable bonds is 1. The van der Waals surface area contributed by atoms with Crippen LogP contribution < -0.4 is 0 Å². The Hall–Kier alpha value is 0.0200. The van der Waals surface area contributed by atoms with Crippen LogP contribution in [0.5, 0.6) is 0 Å². The SMILES string of the molecule is CCC1CCCC2SC=NC12. The summed E-state index contributed by atoms with van der Waals surface area (Å²) in [5, 5.41) is 0.841. The minimum Gasteiger partial charge on any atom is -0.282 e. The van der Waals surface area contributed by atoms with E-state index in [1.807, 2.05) is 11.8 Å². The third-order valence-electron chi connectivity index (χ3n) is 2.92. The van der Waals surface area contributed by atoms with Gasteiger partial charge in [0.05, 0.1) is 11.6 Å². The van der Waals surface area contributed by atoms with Crippen LogP contribution in [0.25, 0.3) is 0 Å². The molecule has 0 bridgehead atoms. The van der Waals surface area contributed by atoms with Crippen LogP contribution in [0.3, 0.4) is 0 Å². The van der Waals surface area contributed by atoms with Crippen molar-refractivity contribution < 1.29 is 0 Å². The fourth-order valence-corrected chi connectivity index (χ4v) is 3.35. The largest absolute Gasteiger partial charge is 0.282 e. The van der Waals surface area contributed by atoms with Gasteiger partial charge in [-0.05, 0) is 18.8 Å². The molecule has 0 radical (unpaired) electrons. The van der Waals surface area contributed by atoms with Crippen LogP contribution in [0.2, 0.25) is 0 Å². The summed E-state index contributed by atoms with van der Waals surface area (Å²) < 4.78 is 0. The van der Waals surface area contributed by atoms with Crippen LogP contribution in [-0.2, 0) is 0 Å². The van der Waals surface area contributed by atoms with Crippen molar-refractivity contribution in [3.63, 3.8) is 0 Å². The highest BCUT2D eigenvalue weighted by atomic mass is 32.2. The Morgan fingerprint density at radius 1 is 1.55 bits per heavy atom. The van der Waals surface area contributed by atoms with Crippen LogP contribution >= 0.6 is 11.8 Å². The summed E-state index contributed by atoms with van der Waals surface area (Å²) in [6.45, 7) is 2.30. The molecule has 1 saturated carbocycles. The first-order valence-corrected chi connectivity index (χ1v) is 5.53. The van der Waals surface area contributed by atoms with E-state index in [4.69, 9.17) is 0 Å². The maximum Gasteiger partial charge on any atom is 0.0656 e. The second-order valence-corrected chi connectivity index (χ2v) is 4.61. The molecule has 1 fully saturated rings. The summed E-state index contributed by atoms with van der Waals surface area (Å²) in [6, 6.07) is 0.679. The van der Waals surface area contributed by atoms with Gasteiger partial charge in [-0.15, -0.1) is 11.8 Å². The molecule has 0 aromatic rings. The predicted molar refractivity (Wildman–Crippen MR) is 51.3 cm³/mol. The summed E-state index contributed by atoms with van der Waals surface area (Å²) >= 11 is 1.95. The van der Waals surface area contributed by atoms with Crippen LogP contribution in [0.4, 0.5) is 0 Å². The topological polar surface area (TPSA) is 12.4 Å². The van der Waals surface area contributed by atoms with Gasteiger partial charge in [-0.1, -0.05) is 19.8 Å². The van der Waals surface area contributed by atoms with E-state index in [0.717, 1.165) is 11.2 Å². The third-order valence-corrected chi connectivity index (χ3v) is 4.03. The van der Waals surface area contributed by atoms with Gasteiger partial charge in [0.25, 0.3) is 0 Å². The summed E-state index contributed by atoms with van der Waals surface area (Å²) in [5.74, 6) is 0.889. The Morgan fingerprint density at radius 3 is 3.27 bits per heavy atom. The molecule has 11 heavy (non-hydrogen) atoms. The number of nitrogens with zero attached hydrogens (tertiary/aromatic N) is 1. The normalized spacial score (nSPS) is 42.5.